The van der Waals surface area contributed by atoms with Gasteiger partial charge in [0, 0.05) is 38.6 Å². The molecule has 0 aromatic carbocycles. The quantitative estimate of drug-likeness (QED) is 0.715. The van der Waals surface area contributed by atoms with Crippen LogP contribution in [0.15, 0.2) is 36.7 Å². The van der Waals surface area contributed by atoms with E-state index in [1.165, 1.54) is 0 Å². The molecule has 8 nitrogen and oxygen atoms in total. The van der Waals surface area contributed by atoms with Crippen molar-refractivity contribution in [3.8, 4) is 5.82 Å². The van der Waals surface area contributed by atoms with Crippen molar-refractivity contribution in [2.75, 3.05) is 36.0 Å². The smallest absolute Gasteiger partial charge is 0.175 e. The van der Waals surface area contributed by atoms with E-state index in [1.807, 2.05) is 50.5 Å². The zero-order chi connectivity index (χ0) is 17.2. The Morgan fingerprint density at radius 2 is 1.48 bits per heavy atom. The molecule has 1 fully saturated rings. The van der Waals surface area contributed by atoms with Crippen molar-refractivity contribution in [2.24, 2.45) is 0 Å². The first-order valence-corrected chi connectivity index (χ1v) is 8.35. The van der Waals surface area contributed by atoms with E-state index >= 15 is 0 Å². The number of anilines is 2. The van der Waals surface area contributed by atoms with Crippen LogP contribution in [0.4, 0.5) is 11.6 Å². The highest BCUT2D eigenvalue weighted by atomic mass is 15.4. The Morgan fingerprint density at radius 1 is 0.800 bits per heavy atom. The van der Waals surface area contributed by atoms with Crippen LogP contribution in [0.3, 0.4) is 0 Å². The third kappa shape index (κ3) is 3.28. The molecule has 3 aromatic heterocycles. The van der Waals surface area contributed by atoms with Crippen LogP contribution in [0.5, 0.6) is 0 Å². The van der Waals surface area contributed by atoms with Gasteiger partial charge in [-0.3, -0.25) is 0 Å². The molecule has 4 heterocycles. The Morgan fingerprint density at radius 3 is 2.08 bits per heavy atom. The van der Waals surface area contributed by atoms with Gasteiger partial charge in [-0.05, 0) is 38.1 Å². The van der Waals surface area contributed by atoms with Crippen molar-refractivity contribution in [3.05, 3.63) is 48.2 Å². The van der Waals surface area contributed by atoms with E-state index < -0.39 is 0 Å². The minimum absolute atomic E-state index is 0.729. The van der Waals surface area contributed by atoms with Crippen LogP contribution < -0.4 is 9.80 Å². The standard InChI is InChI=1S/C17H20N8/c1-13-6-8-25(22-13)17-4-3-16(20-21-17)24-11-9-23(10-12-24)15-5-7-18-14(2)19-15/h3-8H,9-12H2,1-2H3. The lowest BCUT2D eigenvalue weighted by molar-refractivity contribution is 0.635. The number of piperazine rings is 1. The lowest BCUT2D eigenvalue weighted by atomic mass is 10.3. The molecule has 128 valence electrons. The van der Waals surface area contributed by atoms with Crippen molar-refractivity contribution in [3.63, 3.8) is 0 Å². The minimum atomic E-state index is 0.729. The van der Waals surface area contributed by atoms with E-state index in [-0.39, 0.29) is 0 Å². The number of nitrogens with zero attached hydrogens (tertiary/aromatic N) is 8. The van der Waals surface area contributed by atoms with Crippen molar-refractivity contribution in [1.82, 2.24) is 29.9 Å². The molecule has 3 aromatic rings. The van der Waals surface area contributed by atoms with E-state index in [0.717, 1.165) is 55.2 Å². The number of hydrogen-bond donors (Lipinski definition) is 0. The van der Waals surface area contributed by atoms with Crippen molar-refractivity contribution < 1.29 is 0 Å². The molecule has 4 rings (SSSR count). The van der Waals surface area contributed by atoms with Crippen LogP contribution in [0, 0.1) is 13.8 Å². The summed E-state index contributed by atoms with van der Waals surface area (Å²) in [5.74, 6) is 3.41. The molecule has 1 aliphatic rings. The second-order valence-corrected chi connectivity index (χ2v) is 6.09. The number of hydrogen-bond acceptors (Lipinski definition) is 7. The molecule has 0 saturated carbocycles. The molecule has 0 bridgehead atoms. The number of aromatic nitrogens is 6. The maximum Gasteiger partial charge on any atom is 0.175 e. The van der Waals surface area contributed by atoms with Gasteiger partial charge in [-0.15, -0.1) is 10.2 Å². The highest BCUT2D eigenvalue weighted by molar-refractivity contribution is 5.45. The summed E-state index contributed by atoms with van der Waals surface area (Å²) < 4.78 is 1.74. The lowest BCUT2D eigenvalue weighted by Crippen LogP contribution is -2.47. The van der Waals surface area contributed by atoms with Gasteiger partial charge < -0.3 is 9.80 Å². The van der Waals surface area contributed by atoms with E-state index in [0.29, 0.717) is 0 Å². The summed E-state index contributed by atoms with van der Waals surface area (Å²) in [6.45, 7) is 7.45. The molecular formula is C17H20N8. The van der Waals surface area contributed by atoms with Gasteiger partial charge in [0.1, 0.15) is 11.6 Å². The third-order valence-corrected chi connectivity index (χ3v) is 4.28. The van der Waals surface area contributed by atoms with Gasteiger partial charge in [0.2, 0.25) is 0 Å². The first kappa shape index (κ1) is 15.5. The summed E-state index contributed by atoms with van der Waals surface area (Å²) in [5, 5.41) is 13.0. The van der Waals surface area contributed by atoms with Crippen molar-refractivity contribution >= 4 is 11.6 Å². The molecule has 0 N–H and O–H groups in total. The fourth-order valence-corrected chi connectivity index (χ4v) is 2.94. The Labute approximate surface area is 146 Å². The molecule has 0 atom stereocenters. The molecule has 0 radical (unpaired) electrons. The first-order valence-electron chi connectivity index (χ1n) is 8.35. The molecule has 1 aliphatic heterocycles. The third-order valence-electron chi connectivity index (χ3n) is 4.28. The summed E-state index contributed by atoms with van der Waals surface area (Å²) in [6, 6.07) is 7.87. The van der Waals surface area contributed by atoms with Gasteiger partial charge in [-0.2, -0.15) is 5.10 Å². The van der Waals surface area contributed by atoms with Crippen LogP contribution in [-0.4, -0.2) is 56.1 Å². The highest BCUT2D eigenvalue weighted by Crippen LogP contribution is 2.17. The lowest BCUT2D eigenvalue weighted by Gasteiger charge is -2.35. The van der Waals surface area contributed by atoms with Gasteiger partial charge in [0.15, 0.2) is 11.6 Å². The number of aryl methyl sites for hydroxylation is 2. The molecule has 8 heteroatoms. The topological polar surface area (TPSA) is 75.9 Å². The van der Waals surface area contributed by atoms with Gasteiger partial charge in [-0.25, -0.2) is 14.6 Å². The summed E-state index contributed by atoms with van der Waals surface area (Å²) in [5.41, 5.74) is 0.960. The number of rotatable bonds is 3. The summed E-state index contributed by atoms with van der Waals surface area (Å²) >= 11 is 0. The largest absolute Gasteiger partial charge is 0.353 e. The van der Waals surface area contributed by atoms with Crippen LogP contribution in [0.1, 0.15) is 11.5 Å². The van der Waals surface area contributed by atoms with Crippen molar-refractivity contribution in [2.45, 2.75) is 13.8 Å². The van der Waals surface area contributed by atoms with E-state index in [2.05, 4.69) is 35.1 Å². The maximum atomic E-state index is 4.50. The molecule has 0 unspecified atom stereocenters. The van der Waals surface area contributed by atoms with Gasteiger partial charge in [0.05, 0.1) is 5.69 Å². The zero-order valence-electron chi connectivity index (χ0n) is 14.4. The highest BCUT2D eigenvalue weighted by Gasteiger charge is 2.19. The van der Waals surface area contributed by atoms with E-state index in [1.54, 1.807) is 4.68 Å². The Balaban J connectivity index is 1.42. The summed E-state index contributed by atoms with van der Waals surface area (Å²) in [4.78, 5) is 13.2. The maximum absolute atomic E-state index is 4.50. The van der Waals surface area contributed by atoms with Crippen LogP contribution >= 0.6 is 0 Å². The fraction of sp³-hybridized carbons (Fsp3) is 0.353. The normalized spacial score (nSPS) is 14.8. The second-order valence-electron chi connectivity index (χ2n) is 6.09. The zero-order valence-corrected chi connectivity index (χ0v) is 14.4. The average molecular weight is 336 g/mol. The predicted octanol–water partition coefficient (Wildman–Crippen LogP) is 1.40. The van der Waals surface area contributed by atoms with Crippen LogP contribution in [0.25, 0.3) is 5.82 Å². The SMILES string of the molecule is Cc1ccn(-c2ccc(N3CCN(c4ccnc(C)n4)CC3)nn2)n1. The monoisotopic (exact) mass is 336 g/mol. The van der Waals surface area contributed by atoms with Gasteiger partial charge in [-0.1, -0.05) is 0 Å². The van der Waals surface area contributed by atoms with Gasteiger partial charge >= 0.3 is 0 Å². The molecule has 25 heavy (non-hydrogen) atoms. The minimum Gasteiger partial charge on any atom is -0.353 e. The summed E-state index contributed by atoms with van der Waals surface area (Å²) in [6.07, 6.45) is 3.70. The molecule has 0 spiro atoms. The fourth-order valence-electron chi connectivity index (χ4n) is 2.94. The Bertz CT molecular complexity index is 849. The Kier molecular flexibility index (Phi) is 4.01. The molecular weight excluding hydrogens is 316 g/mol. The van der Waals surface area contributed by atoms with E-state index in [9.17, 15) is 0 Å². The predicted molar refractivity (Wildman–Crippen MR) is 95.1 cm³/mol. The Hall–Kier alpha value is -3.03. The van der Waals surface area contributed by atoms with Crippen molar-refractivity contribution in [1.29, 1.82) is 0 Å². The molecule has 1 saturated heterocycles. The summed E-state index contributed by atoms with van der Waals surface area (Å²) in [7, 11) is 0. The second kappa shape index (κ2) is 6.46. The first-order chi connectivity index (χ1) is 12.2. The van der Waals surface area contributed by atoms with Gasteiger partial charge in [0.25, 0.3) is 0 Å². The molecule has 0 amide bonds. The van der Waals surface area contributed by atoms with E-state index in [4.69, 9.17) is 0 Å². The molecule has 0 aliphatic carbocycles. The van der Waals surface area contributed by atoms with Crippen LogP contribution in [-0.2, 0) is 0 Å². The average Bonchev–Trinajstić information content (AvgIpc) is 3.08. The van der Waals surface area contributed by atoms with Crippen LogP contribution in [0.2, 0.25) is 0 Å².